The van der Waals surface area contributed by atoms with E-state index in [2.05, 4.69) is 48.3 Å². The van der Waals surface area contributed by atoms with Crippen LogP contribution in [0.2, 0.25) is 10.3 Å². The van der Waals surface area contributed by atoms with Gasteiger partial charge in [-0.2, -0.15) is 0 Å². The van der Waals surface area contributed by atoms with E-state index in [1.807, 2.05) is 52.0 Å². The van der Waals surface area contributed by atoms with E-state index in [4.69, 9.17) is 52.1 Å². The zero-order chi connectivity index (χ0) is 46.2. The number of ether oxygens (including phenoxy) is 4. The van der Waals surface area contributed by atoms with Crippen LogP contribution in [0.5, 0.6) is 11.5 Å². The molecule has 342 valence electrons. The van der Waals surface area contributed by atoms with Crippen LogP contribution in [0.4, 0.5) is 9.59 Å². The van der Waals surface area contributed by atoms with Gasteiger partial charge in [0.15, 0.2) is 10.3 Å². The van der Waals surface area contributed by atoms with Crippen molar-refractivity contribution < 1.29 is 38.1 Å². The summed E-state index contributed by atoms with van der Waals surface area (Å²) in [5.74, 6) is 1.65. The Morgan fingerprint density at radius 3 is 1.41 bits per heavy atom. The molecule has 0 saturated carbocycles. The Hall–Kier alpha value is -5.48. The number of benzene rings is 2. The van der Waals surface area contributed by atoms with Gasteiger partial charge in [0.25, 0.3) is 0 Å². The minimum absolute atomic E-state index is 0.183. The van der Waals surface area contributed by atoms with E-state index in [1.54, 1.807) is 9.80 Å². The van der Waals surface area contributed by atoms with Crippen molar-refractivity contribution in [2.45, 2.75) is 106 Å². The highest BCUT2D eigenvalue weighted by molar-refractivity contribution is 6.32. The average Bonchev–Trinajstić information content (AvgIpc) is 4.01. The number of nitrogens with zero attached hydrogens (tertiary/aromatic N) is 4. The van der Waals surface area contributed by atoms with E-state index in [-0.39, 0.29) is 58.0 Å². The van der Waals surface area contributed by atoms with Gasteiger partial charge in [-0.25, -0.2) is 19.6 Å². The number of halogens is 2. The number of aromatic nitrogens is 4. The highest BCUT2D eigenvalue weighted by Gasteiger charge is 2.47. The zero-order valence-electron chi connectivity index (χ0n) is 37.8. The number of carbonyl (C=O) groups excluding carboxylic acids is 4. The molecule has 0 bridgehead atoms. The first-order chi connectivity index (χ1) is 30.2. The Balaban J connectivity index is 1.07. The number of methoxy groups -OCH3 is 2. The highest BCUT2D eigenvalue weighted by Crippen LogP contribution is 2.52. The van der Waals surface area contributed by atoms with E-state index < -0.39 is 36.4 Å². The fourth-order valence-electron chi connectivity index (χ4n) is 9.65. The second-order valence-corrected chi connectivity index (χ2v) is 20.3. The molecular formula is C46H56Cl2N8O8. The summed E-state index contributed by atoms with van der Waals surface area (Å²) in [7, 11) is 2.55. The summed E-state index contributed by atoms with van der Waals surface area (Å²) in [6.07, 6.45) is -0.0651. The van der Waals surface area contributed by atoms with Gasteiger partial charge in [0, 0.05) is 46.5 Å². The summed E-state index contributed by atoms with van der Waals surface area (Å²) in [6, 6.07) is 5.55. The van der Waals surface area contributed by atoms with Crippen LogP contribution in [0.25, 0.3) is 33.6 Å². The van der Waals surface area contributed by atoms with Gasteiger partial charge in [-0.1, -0.05) is 78.6 Å². The maximum atomic E-state index is 14.0. The van der Waals surface area contributed by atoms with Gasteiger partial charge in [0.1, 0.15) is 48.4 Å². The number of rotatable bonds is 10. The van der Waals surface area contributed by atoms with Crippen LogP contribution >= 0.6 is 23.2 Å². The first kappa shape index (κ1) is 45.1. The number of alkyl carbamates (subject to hydrolysis) is 2. The summed E-state index contributed by atoms with van der Waals surface area (Å²) in [4.78, 5) is 72.4. The molecule has 0 unspecified atom stereocenters. The average molecular weight is 920 g/mol. The van der Waals surface area contributed by atoms with Gasteiger partial charge in [-0.05, 0) is 59.8 Å². The Morgan fingerprint density at radius 1 is 0.688 bits per heavy atom. The quantitative estimate of drug-likeness (QED) is 0.120. The Labute approximate surface area is 382 Å². The van der Waals surface area contributed by atoms with Gasteiger partial charge < -0.3 is 49.3 Å². The third-order valence-electron chi connectivity index (χ3n) is 12.7. The number of carbonyl (C=O) groups is 4. The monoisotopic (exact) mass is 918 g/mol. The van der Waals surface area contributed by atoms with Crippen LogP contribution in [0.3, 0.4) is 0 Å². The summed E-state index contributed by atoms with van der Waals surface area (Å²) >= 11 is 13.8. The van der Waals surface area contributed by atoms with Crippen molar-refractivity contribution in [2.24, 2.45) is 22.7 Å². The van der Waals surface area contributed by atoms with E-state index >= 15 is 0 Å². The van der Waals surface area contributed by atoms with Crippen LogP contribution in [-0.4, -0.2) is 93.1 Å². The SMILES string of the molecule is COC(=O)N[C@H](C(=O)N1CC(C)(C)C[C@H]1c1nc(Cl)c(-c2cc3c4c(c2)OCc2cc(-c5[nH]c([C@@H]6CC(C)(C)CN6C(=O)[C@@H](NC(=O)OC)C(C)C)nc5Cl)cc(c2-4)OC3)[nH]1)C(C)C. The minimum atomic E-state index is -0.785. The molecule has 2 aromatic heterocycles. The lowest BCUT2D eigenvalue weighted by molar-refractivity contribution is -0.136. The van der Waals surface area contributed by atoms with Crippen molar-refractivity contribution >= 4 is 47.2 Å². The third-order valence-corrected chi connectivity index (χ3v) is 13.3. The lowest BCUT2D eigenvalue weighted by Crippen LogP contribution is -2.51. The fraction of sp³-hybridized carbons (Fsp3) is 0.522. The van der Waals surface area contributed by atoms with E-state index in [1.165, 1.54) is 14.2 Å². The first-order valence-electron chi connectivity index (χ1n) is 21.6. The Kier molecular flexibility index (Phi) is 11.9. The van der Waals surface area contributed by atoms with E-state index in [0.29, 0.717) is 60.5 Å². The van der Waals surface area contributed by atoms with E-state index in [0.717, 1.165) is 33.4 Å². The van der Waals surface area contributed by atoms with Crippen molar-refractivity contribution in [2.75, 3.05) is 27.3 Å². The normalized spacial score (nSPS) is 20.0. The van der Waals surface area contributed by atoms with E-state index in [9.17, 15) is 19.2 Å². The van der Waals surface area contributed by atoms with Gasteiger partial charge in [-0.3, -0.25) is 9.59 Å². The Morgan fingerprint density at radius 2 is 1.06 bits per heavy atom. The molecule has 8 rings (SSSR count). The minimum Gasteiger partial charge on any atom is -0.488 e. The molecule has 2 saturated heterocycles. The predicted molar refractivity (Wildman–Crippen MR) is 240 cm³/mol. The first-order valence-corrected chi connectivity index (χ1v) is 22.4. The molecule has 64 heavy (non-hydrogen) atoms. The van der Waals surface area contributed by atoms with Crippen molar-refractivity contribution in [3.63, 3.8) is 0 Å². The number of imidazole rings is 2. The molecule has 4 aliphatic heterocycles. The smallest absolute Gasteiger partial charge is 0.407 e. The number of hydrogen-bond donors (Lipinski definition) is 4. The lowest BCUT2D eigenvalue weighted by Gasteiger charge is -2.30. The topological polar surface area (TPSA) is 193 Å². The van der Waals surface area contributed by atoms with Crippen LogP contribution in [0, 0.1) is 22.7 Å². The molecule has 6 heterocycles. The summed E-state index contributed by atoms with van der Waals surface area (Å²) in [6.45, 7) is 17.4. The van der Waals surface area contributed by atoms with Gasteiger partial charge in [-0.15, -0.1) is 0 Å². The molecule has 0 aliphatic carbocycles. The fourth-order valence-corrected chi connectivity index (χ4v) is 10.1. The van der Waals surface area contributed by atoms with Gasteiger partial charge >= 0.3 is 12.2 Å². The molecule has 0 spiro atoms. The van der Waals surface area contributed by atoms with Crippen molar-refractivity contribution in [3.8, 4) is 45.1 Å². The number of nitrogens with one attached hydrogen (secondary N) is 4. The molecule has 0 radical (unpaired) electrons. The Bertz CT molecular complexity index is 2310. The van der Waals surface area contributed by atoms with Gasteiger partial charge in [0.05, 0.1) is 37.7 Å². The zero-order valence-corrected chi connectivity index (χ0v) is 39.3. The molecule has 4 aliphatic rings. The van der Waals surface area contributed by atoms with Crippen molar-refractivity contribution in [1.29, 1.82) is 0 Å². The molecule has 4 N–H and O–H groups in total. The van der Waals surface area contributed by atoms with Crippen LogP contribution < -0.4 is 20.1 Å². The molecule has 2 aromatic carbocycles. The molecule has 18 heteroatoms. The highest BCUT2D eigenvalue weighted by atomic mass is 35.5. The molecule has 4 amide bonds. The number of hydrogen-bond acceptors (Lipinski definition) is 10. The second-order valence-electron chi connectivity index (χ2n) is 19.6. The van der Waals surface area contributed by atoms with Crippen LogP contribution in [-0.2, 0) is 32.3 Å². The summed E-state index contributed by atoms with van der Waals surface area (Å²) in [5, 5.41) is 5.94. The van der Waals surface area contributed by atoms with Crippen LogP contribution in [0.15, 0.2) is 24.3 Å². The van der Waals surface area contributed by atoms with Crippen molar-refractivity contribution in [1.82, 2.24) is 40.4 Å². The van der Waals surface area contributed by atoms with Gasteiger partial charge in [0.2, 0.25) is 11.8 Å². The number of likely N-dealkylation sites (tertiary alicyclic amines) is 2. The molecular weight excluding hydrogens is 863 g/mol. The van der Waals surface area contributed by atoms with Crippen molar-refractivity contribution in [3.05, 3.63) is 57.3 Å². The maximum absolute atomic E-state index is 14.0. The summed E-state index contributed by atoms with van der Waals surface area (Å²) in [5.41, 5.74) is 5.93. The maximum Gasteiger partial charge on any atom is 0.407 e. The molecule has 2 fully saturated rings. The largest absolute Gasteiger partial charge is 0.488 e. The third kappa shape index (κ3) is 8.34. The number of amides is 4. The standard InChI is InChI=1S/C46H56Cl2N8O8/c1-21(2)33(51-43(59)61-9)41(57)55-19-45(5,6)15-27(55)39-49-35(37(47)53-39)23-11-25-17-64-30-14-24(12-26-18-63-29(13-23)31(25)32(26)30)36-38(48)54-40(50-36)28-16-46(7,8)20-56(28)42(58)34(22(3)4)52-44(60)62-10/h11-14,21-22,27-28,33-34H,15-20H2,1-10H3,(H,49,53)(H,50,54)(H,51,59)(H,52,60)/t27-,28-,33-,34-/m0/s1. The van der Waals surface area contributed by atoms with Crippen LogP contribution in [0.1, 0.15) is 103 Å². The number of H-pyrrole nitrogens is 2. The molecule has 4 atom stereocenters. The number of aromatic amines is 2. The summed E-state index contributed by atoms with van der Waals surface area (Å²) < 4.78 is 22.6. The molecule has 4 aromatic rings. The lowest BCUT2D eigenvalue weighted by atomic mass is 9.87. The molecule has 16 nitrogen and oxygen atoms in total. The predicted octanol–water partition coefficient (Wildman–Crippen LogP) is 8.59. The second kappa shape index (κ2) is 16.8.